The minimum Gasteiger partial charge on any atom is -0.298 e. The molecular weight excluding hydrogens is 238 g/mol. The van der Waals surface area contributed by atoms with Crippen molar-refractivity contribution in [1.82, 2.24) is 4.57 Å². The normalized spacial score (nSPS) is 16.6. The van der Waals surface area contributed by atoms with Crippen molar-refractivity contribution in [1.29, 1.82) is 0 Å². The highest BCUT2D eigenvalue weighted by Crippen LogP contribution is 2.28. The Bertz CT molecular complexity index is 621. The van der Waals surface area contributed by atoms with Crippen LogP contribution in [0.15, 0.2) is 30.5 Å². The number of benzene rings is 1. The van der Waals surface area contributed by atoms with E-state index in [1.165, 1.54) is 6.42 Å². The molecule has 98 valence electrons. The Balaban J connectivity index is 2.04. The van der Waals surface area contributed by atoms with Crippen LogP contribution in [-0.4, -0.2) is 16.8 Å². The molecule has 1 aliphatic carbocycles. The van der Waals surface area contributed by atoms with Gasteiger partial charge in [0.1, 0.15) is 0 Å². The molecular formula is C16H17NO2. The van der Waals surface area contributed by atoms with Crippen LogP contribution in [0.4, 0.5) is 0 Å². The lowest BCUT2D eigenvalue weighted by atomic mass is 9.88. The maximum Gasteiger partial charge on any atom is 0.234 e. The molecule has 3 nitrogen and oxygen atoms in total. The number of nitrogens with zero attached hydrogens (tertiary/aromatic N) is 1. The summed E-state index contributed by atoms with van der Waals surface area (Å²) in [4.78, 5) is 23.7. The predicted molar refractivity (Wildman–Crippen MR) is 74.5 cm³/mol. The quantitative estimate of drug-likeness (QED) is 0.768. The van der Waals surface area contributed by atoms with Crippen LogP contribution < -0.4 is 0 Å². The zero-order valence-electron chi connectivity index (χ0n) is 10.8. The number of aromatic nitrogens is 1. The van der Waals surface area contributed by atoms with Gasteiger partial charge in [-0.3, -0.25) is 14.2 Å². The molecule has 0 N–H and O–H groups in total. The molecule has 1 aromatic heterocycles. The lowest BCUT2D eigenvalue weighted by Crippen LogP contribution is -2.23. The van der Waals surface area contributed by atoms with Gasteiger partial charge in [-0.25, -0.2) is 0 Å². The lowest BCUT2D eigenvalue weighted by molar-refractivity contribution is 0.0807. The molecule has 1 aliphatic rings. The maximum absolute atomic E-state index is 12.6. The van der Waals surface area contributed by atoms with Gasteiger partial charge in [-0.2, -0.15) is 0 Å². The van der Waals surface area contributed by atoms with Crippen molar-refractivity contribution >= 4 is 23.1 Å². The second kappa shape index (κ2) is 5.00. The Morgan fingerprint density at radius 1 is 1.16 bits per heavy atom. The van der Waals surface area contributed by atoms with Gasteiger partial charge in [-0.1, -0.05) is 37.5 Å². The summed E-state index contributed by atoms with van der Waals surface area (Å²) < 4.78 is 1.68. The molecule has 3 heteroatoms. The van der Waals surface area contributed by atoms with Crippen molar-refractivity contribution in [2.45, 2.75) is 32.1 Å². The zero-order valence-corrected chi connectivity index (χ0v) is 10.8. The van der Waals surface area contributed by atoms with Gasteiger partial charge in [-0.15, -0.1) is 0 Å². The molecule has 1 aromatic carbocycles. The highest BCUT2D eigenvalue weighted by Gasteiger charge is 2.24. The summed E-state index contributed by atoms with van der Waals surface area (Å²) in [5.41, 5.74) is 1.44. The van der Waals surface area contributed by atoms with Gasteiger partial charge in [0.2, 0.25) is 5.91 Å². The van der Waals surface area contributed by atoms with E-state index in [9.17, 15) is 9.59 Å². The first kappa shape index (κ1) is 12.2. The zero-order chi connectivity index (χ0) is 13.2. The van der Waals surface area contributed by atoms with Gasteiger partial charge in [0, 0.05) is 23.1 Å². The number of hydrogen-bond donors (Lipinski definition) is 0. The van der Waals surface area contributed by atoms with Crippen LogP contribution in [0.1, 0.15) is 47.3 Å². The number of para-hydroxylation sites is 1. The fourth-order valence-electron chi connectivity index (χ4n) is 3.03. The summed E-state index contributed by atoms with van der Waals surface area (Å²) in [5, 5.41) is 0.863. The number of hydrogen-bond acceptors (Lipinski definition) is 2. The summed E-state index contributed by atoms with van der Waals surface area (Å²) in [6, 6.07) is 7.60. The van der Waals surface area contributed by atoms with Gasteiger partial charge < -0.3 is 0 Å². The molecule has 0 spiro atoms. The minimum atomic E-state index is 0.115. The smallest absolute Gasteiger partial charge is 0.234 e. The summed E-state index contributed by atoms with van der Waals surface area (Å²) in [7, 11) is 0. The molecule has 0 saturated heterocycles. The maximum atomic E-state index is 12.6. The Kier molecular flexibility index (Phi) is 3.20. The SMILES string of the molecule is O=Cc1cn(C(=O)C2CCCCC2)c2ccccc12. The Labute approximate surface area is 112 Å². The van der Waals surface area contributed by atoms with E-state index in [4.69, 9.17) is 0 Å². The van der Waals surface area contributed by atoms with Crippen LogP contribution >= 0.6 is 0 Å². The Hall–Kier alpha value is -1.90. The number of carbonyl (C=O) groups is 2. The van der Waals surface area contributed by atoms with Gasteiger partial charge in [0.05, 0.1) is 5.52 Å². The Morgan fingerprint density at radius 3 is 2.63 bits per heavy atom. The molecule has 0 unspecified atom stereocenters. The summed E-state index contributed by atoms with van der Waals surface area (Å²) >= 11 is 0. The molecule has 1 heterocycles. The fourth-order valence-corrected chi connectivity index (χ4v) is 3.03. The van der Waals surface area contributed by atoms with Crippen LogP contribution in [-0.2, 0) is 0 Å². The van der Waals surface area contributed by atoms with E-state index in [0.717, 1.165) is 42.9 Å². The van der Waals surface area contributed by atoms with Crippen molar-refractivity contribution in [3.63, 3.8) is 0 Å². The first-order chi connectivity index (χ1) is 9.31. The van der Waals surface area contributed by atoms with E-state index in [-0.39, 0.29) is 11.8 Å². The van der Waals surface area contributed by atoms with Gasteiger partial charge >= 0.3 is 0 Å². The van der Waals surface area contributed by atoms with E-state index in [1.807, 2.05) is 24.3 Å². The molecule has 19 heavy (non-hydrogen) atoms. The molecule has 0 aliphatic heterocycles. The van der Waals surface area contributed by atoms with Gasteiger partial charge in [0.25, 0.3) is 0 Å². The molecule has 0 amide bonds. The minimum absolute atomic E-state index is 0.115. The largest absolute Gasteiger partial charge is 0.298 e. The molecule has 0 atom stereocenters. The monoisotopic (exact) mass is 255 g/mol. The van der Waals surface area contributed by atoms with E-state index >= 15 is 0 Å². The highest BCUT2D eigenvalue weighted by molar-refractivity contribution is 6.02. The van der Waals surface area contributed by atoms with E-state index in [2.05, 4.69) is 0 Å². The second-order valence-corrected chi connectivity index (χ2v) is 5.26. The van der Waals surface area contributed by atoms with E-state index in [0.29, 0.717) is 5.56 Å². The number of fused-ring (bicyclic) bond motifs is 1. The number of aldehydes is 1. The second-order valence-electron chi connectivity index (χ2n) is 5.26. The molecule has 1 saturated carbocycles. The van der Waals surface area contributed by atoms with Crippen molar-refractivity contribution in [2.75, 3.05) is 0 Å². The number of rotatable bonds is 2. The average Bonchev–Trinajstić information content (AvgIpc) is 2.86. The molecule has 0 radical (unpaired) electrons. The molecule has 1 fully saturated rings. The third kappa shape index (κ3) is 2.09. The molecule has 2 aromatic rings. The highest BCUT2D eigenvalue weighted by atomic mass is 16.2. The fraction of sp³-hybridized carbons (Fsp3) is 0.375. The third-order valence-corrected chi connectivity index (χ3v) is 4.06. The van der Waals surface area contributed by atoms with Crippen molar-refractivity contribution in [2.24, 2.45) is 5.92 Å². The van der Waals surface area contributed by atoms with Crippen LogP contribution in [0.2, 0.25) is 0 Å². The third-order valence-electron chi connectivity index (χ3n) is 4.06. The summed E-state index contributed by atoms with van der Waals surface area (Å²) in [6.07, 6.45) is 7.97. The van der Waals surface area contributed by atoms with Crippen LogP contribution in [0.3, 0.4) is 0 Å². The number of carbonyl (C=O) groups excluding carboxylic acids is 2. The average molecular weight is 255 g/mol. The van der Waals surface area contributed by atoms with E-state index in [1.54, 1.807) is 10.8 Å². The summed E-state index contributed by atoms with van der Waals surface area (Å²) in [5.74, 6) is 0.257. The first-order valence-corrected chi connectivity index (χ1v) is 6.91. The van der Waals surface area contributed by atoms with Crippen LogP contribution in [0.25, 0.3) is 10.9 Å². The molecule has 0 bridgehead atoms. The van der Waals surface area contributed by atoms with E-state index < -0.39 is 0 Å². The van der Waals surface area contributed by atoms with Crippen molar-refractivity contribution < 1.29 is 9.59 Å². The Morgan fingerprint density at radius 2 is 1.89 bits per heavy atom. The standard InChI is InChI=1S/C16H17NO2/c18-11-13-10-17(15-9-5-4-8-14(13)15)16(19)12-6-2-1-3-7-12/h4-5,8-12H,1-3,6-7H2. The topological polar surface area (TPSA) is 39.1 Å². The van der Waals surface area contributed by atoms with Crippen molar-refractivity contribution in [3.8, 4) is 0 Å². The predicted octanol–water partition coefficient (Wildman–Crippen LogP) is 3.67. The summed E-state index contributed by atoms with van der Waals surface area (Å²) in [6.45, 7) is 0. The lowest BCUT2D eigenvalue weighted by Gasteiger charge is -2.20. The van der Waals surface area contributed by atoms with Crippen LogP contribution in [0.5, 0.6) is 0 Å². The van der Waals surface area contributed by atoms with Gasteiger partial charge in [-0.05, 0) is 18.9 Å². The first-order valence-electron chi connectivity index (χ1n) is 6.91. The van der Waals surface area contributed by atoms with Crippen molar-refractivity contribution in [3.05, 3.63) is 36.0 Å². The van der Waals surface area contributed by atoms with Crippen LogP contribution in [0, 0.1) is 5.92 Å². The van der Waals surface area contributed by atoms with Gasteiger partial charge in [0.15, 0.2) is 6.29 Å². The molecule has 3 rings (SSSR count).